The van der Waals surface area contributed by atoms with Crippen LogP contribution in [0, 0.1) is 6.92 Å². The third-order valence-corrected chi connectivity index (χ3v) is 8.11. The van der Waals surface area contributed by atoms with Crippen LogP contribution in [0.3, 0.4) is 0 Å². The zero-order valence-corrected chi connectivity index (χ0v) is 20.1. The van der Waals surface area contributed by atoms with Crippen LogP contribution in [0.1, 0.15) is 48.8 Å². The lowest BCUT2D eigenvalue weighted by atomic mass is 10.1. The minimum absolute atomic E-state index is 0.0471. The van der Waals surface area contributed by atoms with E-state index in [4.69, 9.17) is 9.72 Å². The summed E-state index contributed by atoms with van der Waals surface area (Å²) in [6.45, 7) is 6.87. The molecule has 172 valence electrons. The number of nitrogens with one attached hydrogen (secondary N) is 1. The molecule has 1 amide bonds. The zero-order valence-electron chi connectivity index (χ0n) is 18.5. The molecule has 8 nitrogen and oxygen atoms in total. The molecule has 1 N–H and O–H groups in total. The molecule has 1 saturated heterocycles. The van der Waals surface area contributed by atoms with Crippen LogP contribution >= 0.6 is 11.3 Å². The number of aryl methyl sites for hydroxylation is 1. The maximum Gasteiger partial charge on any atom is 0.252 e. The maximum atomic E-state index is 13.2. The second kappa shape index (κ2) is 9.29. The van der Waals surface area contributed by atoms with Crippen molar-refractivity contribution in [3.63, 3.8) is 0 Å². The summed E-state index contributed by atoms with van der Waals surface area (Å²) in [5.41, 5.74) is 2.42. The first-order valence-corrected chi connectivity index (χ1v) is 13.5. The van der Waals surface area contributed by atoms with Crippen molar-refractivity contribution < 1.29 is 17.9 Å². The highest BCUT2D eigenvalue weighted by atomic mass is 32.2. The Kier molecular flexibility index (Phi) is 6.64. The number of carbonyl (C=O) groups excluding carboxylic acids is 1. The van der Waals surface area contributed by atoms with Crippen LogP contribution in [0.2, 0.25) is 0 Å². The monoisotopic (exact) mass is 476 g/mol. The average Bonchev–Trinajstić information content (AvgIpc) is 3.46. The number of ether oxygens (including phenoxy) is 1. The summed E-state index contributed by atoms with van der Waals surface area (Å²) in [6.07, 6.45) is 1.38. The number of rotatable bonds is 8. The summed E-state index contributed by atoms with van der Waals surface area (Å²) in [5, 5.41) is 10.2. The molecule has 0 radical (unpaired) electrons. The molecular formula is C22H28N4O4S2. The van der Waals surface area contributed by atoms with Gasteiger partial charge in [-0.15, -0.1) is 11.3 Å². The third-order valence-electron chi connectivity index (χ3n) is 5.47. The second-order valence-electron chi connectivity index (χ2n) is 8.35. The third kappa shape index (κ3) is 4.87. The normalized spacial score (nSPS) is 17.9. The highest BCUT2D eigenvalue weighted by Crippen LogP contribution is 2.33. The zero-order chi connectivity index (χ0) is 22.9. The first-order chi connectivity index (χ1) is 15.2. The highest BCUT2D eigenvalue weighted by molar-refractivity contribution is 7.91. The molecule has 4 heterocycles. The van der Waals surface area contributed by atoms with E-state index < -0.39 is 9.84 Å². The Morgan fingerprint density at radius 3 is 2.88 bits per heavy atom. The smallest absolute Gasteiger partial charge is 0.252 e. The molecule has 1 atom stereocenters. The van der Waals surface area contributed by atoms with Crippen LogP contribution < -0.4 is 5.32 Å². The van der Waals surface area contributed by atoms with Gasteiger partial charge < -0.3 is 10.1 Å². The van der Waals surface area contributed by atoms with E-state index in [1.54, 1.807) is 22.1 Å². The molecular weight excluding hydrogens is 448 g/mol. The average molecular weight is 477 g/mol. The van der Waals surface area contributed by atoms with Gasteiger partial charge in [0.2, 0.25) is 0 Å². The SMILES string of the molecule is Cc1nn(C2CCS(=O)(=O)C2)c2nc(-c3cccs3)cc(C(=O)NCCCOC(C)C)c12. The van der Waals surface area contributed by atoms with E-state index in [9.17, 15) is 13.2 Å². The number of hydrogen-bond acceptors (Lipinski definition) is 7. The predicted molar refractivity (Wildman–Crippen MR) is 126 cm³/mol. The van der Waals surface area contributed by atoms with Gasteiger partial charge in [-0.3, -0.25) is 4.79 Å². The Morgan fingerprint density at radius 1 is 1.41 bits per heavy atom. The molecule has 1 aliphatic rings. The molecule has 0 aliphatic carbocycles. The fourth-order valence-electron chi connectivity index (χ4n) is 3.95. The quantitative estimate of drug-likeness (QED) is 0.500. The van der Waals surface area contributed by atoms with Crippen LogP contribution in [-0.4, -0.2) is 59.9 Å². The van der Waals surface area contributed by atoms with E-state index in [2.05, 4.69) is 10.4 Å². The summed E-state index contributed by atoms with van der Waals surface area (Å²) >= 11 is 1.54. The number of nitrogens with zero attached hydrogens (tertiary/aromatic N) is 3. The molecule has 0 bridgehead atoms. The Hall–Kier alpha value is -2.30. The van der Waals surface area contributed by atoms with Gasteiger partial charge in [0.05, 0.1) is 50.9 Å². The molecule has 1 fully saturated rings. The summed E-state index contributed by atoms with van der Waals surface area (Å²) < 4.78 is 31.4. The Bertz CT molecular complexity index is 1220. The summed E-state index contributed by atoms with van der Waals surface area (Å²) in [4.78, 5) is 18.9. The number of aromatic nitrogens is 3. The van der Waals surface area contributed by atoms with Crippen LogP contribution in [0.5, 0.6) is 0 Å². The van der Waals surface area contributed by atoms with Gasteiger partial charge >= 0.3 is 0 Å². The van der Waals surface area contributed by atoms with Crippen molar-refractivity contribution >= 4 is 38.1 Å². The van der Waals surface area contributed by atoms with Crippen LogP contribution in [-0.2, 0) is 14.6 Å². The van der Waals surface area contributed by atoms with Crippen LogP contribution in [0.15, 0.2) is 23.6 Å². The van der Waals surface area contributed by atoms with Crippen molar-refractivity contribution in [1.82, 2.24) is 20.1 Å². The molecule has 0 saturated carbocycles. The van der Waals surface area contributed by atoms with Crippen molar-refractivity contribution in [3.8, 4) is 10.6 Å². The maximum absolute atomic E-state index is 13.2. The van der Waals surface area contributed by atoms with E-state index in [0.29, 0.717) is 54.0 Å². The number of carbonyl (C=O) groups is 1. The van der Waals surface area contributed by atoms with Crippen molar-refractivity contribution in [3.05, 3.63) is 34.8 Å². The molecule has 0 aromatic carbocycles. The number of fused-ring (bicyclic) bond motifs is 1. The number of hydrogen-bond donors (Lipinski definition) is 1. The lowest BCUT2D eigenvalue weighted by molar-refractivity contribution is 0.0757. The van der Waals surface area contributed by atoms with Crippen molar-refractivity contribution in [2.24, 2.45) is 0 Å². The van der Waals surface area contributed by atoms with Crippen molar-refractivity contribution in [2.75, 3.05) is 24.7 Å². The summed E-state index contributed by atoms with van der Waals surface area (Å²) in [6, 6.07) is 5.42. The standard InChI is InChI=1S/C22H28N4O4S2/c1-14(2)30-9-5-8-23-22(27)17-12-18(19-6-4-10-31-19)24-21-20(17)15(3)25-26(21)16-7-11-32(28,29)13-16/h4,6,10,12,14,16H,5,7-9,11,13H2,1-3H3,(H,23,27). The molecule has 32 heavy (non-hydrogen) atoms. The molecule has 3 aromatic heterocycles. The van der Waals surface area contributed by atoms with Crippen LogP contribution in [0.25, 0.3) is 21.6 Å². The van der Waals surface area contributed by atoms with Gasteiger partial charge in [-0.1, -0.05) is 6.07 Å². The fourth-order valence-corrected chi connectivity index (χ4v) is 6.33. The molecule has 1 aliphatic heterocycles. The van der Waals surface area contributed by atoms with Gasteiger partial charge in [0, 0.05) is 13.2 Å². The number of pyridine rings is 1. The summed E-state index contributed by atoms with van der Waals surface area (Å²) in [5.74, 6) is 0.00132. The van der Waals surface area contributed by atoms with Crippen molar-refractivity contribution in [2.45, 2.75) is 45.8 Å². The first-order valence-electron chi connectivity index (χ1n) is 10.8. The molecule has 1 unspecified atom stereocenters. The van der Waals surface area contributed by atoms with E-state index in [1.165, 1.54) is 0 Å². The van der Waals surface area contributed by atoms with Gasteiger partial charge in [-0.2, -0.15) is 5.10 Å². The van der Waals surface area contributed by atoms with Crippen LogP contribution in [0.4, 0.5) is 0 Å². The highest BCUT2D eigenvalue weighted by Gasteiger charge is 2.32. The van der Waals surface area contributed by atoms with Crippen molar-refractivity contribution in [1.29, 1.82) is 0 Å². The van der Waals surface area contributed by atoms with Gasteiger partial charge in [-0.25, -0.2) is 18.1 Å². The van der Waals surface area contributed by atoms with Gasteiger partial charge in [0.25, 0.3) is 5.91 Å². The van der Waals surface area contributed by atoms with Gasteiger partial charge in [0.15, 0.2) is 15.5 Å². The Balaban J connectivity index is 1.70. The lowest BCUT2D eigenvalue weighted by Gasteiger charge is -2.12. The van der Waals surface area contributed by atoms with E-state index in [0.717, 1.165) is 4.88 Å². The first kappa shape index (κ1) is 22.9. The molecule has 3 aromatic rings. The Morgan fingerprint density at radius 2 is 2.22 bits per heavy atom. The Labute approximate surface area is 191 Å². The number of sulfone groups is 1. The van der Waals surface area contributed by atoms with Gasteiger partial charge in [-0.05, 0) is 51.1 Å². The number of amides is 1. The minimum Gasteiger partial charge on any atom is -0.379 e. The largest absolute Gasteiger partial charge is 0.379 e. The second-order valence-corrected chi connectivity index (χ2v) is 11.5. The fraction of sp³-hybridized carbons (Fsp3) is 0.500. The molecule has 0 spiro atoms. The predicted octanol–water partition coefficient (Wildman–Crippen LogP) is 3.37. The lowest BCUT2D eigenvalue weighted by Crippen LogP contribution is -2.26. The molecule has 10 heteroatoms. The van der Waals surface area contributed by atoms with E-state index in [-0.39, 0.29) is 29.6 Å². The minimum atomic E-state index is -3.08. The number of thiophene rings is 1. The summed E-state index contributed by atoms with van der Waals surface area (Å²) in [7, 11) is -3.08. The molecule has 4 rings (SSSR count). The topological polar surface area (TPSA) is 103 Å². The van der Waals surface area contributed by atoms with Gasteiger partial charge in [0.1, 0.15) is 0 Å². The van der Waals surface area contributed by atoms with E-state index >= 15 is 0 Å². The van der Waals surface area contributed by atoms with E-state index in [1.807, 2.05) is 38.3 Å².